The molecule has 0 amide bonds. The third-order valence-corrected chi connectivity index (χ3v) is 2.87. The van der Waals surface area contributed by atoms with Gasteiger partial charge in [0.05, 0.1) is 0 Å². The van der Waals surface area contributed by atoms with Gasteiger partial charge in [0, 0.05) is 0 Å². The van der Waals surface area contributed by atoms with Crippen LogP contribution >= 0.6 is 0 Å². The molecule has 0 aliphatic heterocycles. The Labute approximate surface area is 86.5 Å². The maximum Gasteiger partial charge on any atom is -0.000847 e. The van der Waals surface area contributed by atoms with Gasteiger partial charge in [-0.15, -0.1) is 0 Å². The van der Waals surface area contributed by atoms with Crippen molar-refractivity contribution < 1.29 is 0 Å². The zero-order chi connectivity index (χ0) is 9.80. The van der Waals surface area contributed by atoms with Crippen molar-refractivity contribution >= 4 is 0 Å². The fourth-order valence-corrected chi connectivity index (χ4v) is 1.78. The highest BCUT2D eigenvalue weighted by Crippen LogP contribution is 2.39. The Hall–Kier alpha value is -0.820. The molecule has 0 radical (unpaired) electrons. The van der Waals surface area contributed by atoms with Crippen LogP contribution in [-0.4, -0.2) is 13.1 Å². The molecule has 1 aliphatic carbocycles. The first-order valence-electron chi connectivity index (χ1n) is 5.69. The summed E-state index contributed by atoms with van der Waals surface area (Å²) in [5.74, 6) is 0.887. The second-order valence-corrected chi connectivity index (χ2v) is 4.12. The predicted octanol–water partition coefficient (Wildman–Crippen LogP) is 2.72. The SMILES string of the molecule is CCNCCc1ccc(C2CC2)cc1. The molecule has 0 heterocycles. The van der Waals surface area contributed by atoms with E-state index in [0.717, 1.165) is 25.4 Å². The number of hydrogen-bond donors (Lipinski definition) is 1. The summed E-state index contributed by atoms with van der Waals surface area (Å²) in [6.07, 6.45) is 3.95. The van der Waals surface area contributed by atoms with Crippen LogP contribution in [0.15, 0.2) is 24.3 Å². The topological polar surface area (TPSA) is 12.0 Å². The number of hydrogen-bond acceptors (Lipinski definition) is 1. The van der Waals surface area contributed by atoms with Crippen LogP contribution in [0.2, 0.25) is 0 Å². The monoisotopic (exact) mass is 189 g/mol. The second-order valence-electron chi connectivity index (χ2n) is 4.12. The van der Waals surface area contributed by atoms with Crippen molar-refractivity contribution in [1.29, 1.82) is 0 Å². The van der Waals surface area contributed by atoms with E-state index in [1.807, 2.05) is 0 Å². The highest BCUT2D eigenvalue weighted by atomic mass is 14.8. The Balaban J connectivity index is 1.86. The van der Waals surface area contributed by atoms with Crippen molar-refractivity contribution in [1.82, 2.24) is 5.32 Å². The lowest BCUT2D eigenvalue weighted by molar-refractivity contribution is 0.716. The van der Waals surface area contributed by atoms with Gasteiger partial charge in [0.2, 0.25) is 0 Å². The Morgan fingerprint density at radius 3 is 2.50 bits per heavy atom. The van der Waals surface area contributed by atoms with E-state index in [1.165, 1.54) is 24.0 Å². The molecule has 1 aromatic carbocycles. The van der Waals surface area contributed by atoms with Crippen molar-refractivity contribution in [3.63, 3.8) is 0 Å². The molecule has 76 valence electrons. The lowest BCUT2D eigenvalue weighted by Crippen LogP contribution is -2.15. The summed E-state index contributed by atoms with van der Waals surface area (Å²) in [5.41, 5.74) is 2.99. The molecule has 0 unspecified atom stereocenters. The number of nitrogens with one attached hydrogen (secondary N) is 1. The van der Waals surface area contributed by atoms with Gasteiger partial charge in [0.25, 0.3) is 0 Å². The summed E-state index contributed by atoms with van der Waals surface area (Å²) in [5, 5.41) is 3.35. The minimum absolute atomic E-state index is 0.887. The van der Waals surface area contributed by atoms with Gasteiger partial charge in [-0.05, 0) is 49.4 Å². The third kappa shape index (κ3) is 2.58. The van der Waals surface area contributed by atoms with Gasteiger partial charge >= 0.3 is 0 Å². The van der Waals surface area contributed by atoms with Crippen LogP contribution in [0.25, 0.3) is 0 Å². The molecule has 0 atom stereocenters. The summed E-state index contributed by atoms with van der Waals surface area (Å²) >= 11 is 0. The fourth-order valence-electron chi connectivity index (χ4n) is 1.78. The number of benzene rings is 1. The standard InChI is InChI=1S/C13H19N/c1-2-14-10-9-11-3-5-12(6-4-11)13-7-8-13/h3-6,13-14H,2,7-10H2,1H3. The Kier molecular flexibility index (Phi) is 3.20. The summed E-state index contributed by atoms with van der Waals surface area (Å²) in [6.45, 7) is 4.32. The molecule has 1 nitrogen and oxygen atoms in total. The summed E-state index contributed by atoms with van der Waals surface area (Å²) in [7, 11) is 0. The largest absolute Gasteiger partial charge is 0.317 e. The maximum atomic E-state index is 3.35. The van der Waals surface area contributed by atoms with Gasteiger partial charge in [-0.3, -0.25) is 0 Å². The smallest absolute Gasteiger partial charge is 0.000847 e. The van der Waals surface area contributed by atoms with E-state index in [2.05, 4.69) is 36.5 Å². The number of rotatable bonds is 5. The first-order chi connectivity index (χ1) is 6.90. The molecule has 0 saturated heterocycles. The normalized spacial score (nSPS) is 15.8. The number of likely N-dealkylation sites (N-methyl/N-ethyl adjacent to an activating group) is 1. The van der Waals surface area contributed by atoms with Crippen LogP contribution in [0.4, 0.5) is 0 Å². The van der Waals surface area contributed by atoms with Crippen molar-refractivity contribution in [3.8, 4) is 0 Å². The van der Waals surface area contributed by atoms with E-state index in [1.54, 1.807) is 0 Å². The van der Waals surface area contributed by atoms with E-state index in [9.17, 15) is 0 Å². The van der Waals surface area contributed by atoms with Gasteiger partial charge in [-0.25, -0.2) is 0 Å². The molecule has 0 aromatic heterocycles. The van der Waals surface area contributed by atoms with Gasteiger partial charge in [0.1, 0.15) is 0 Å². The van der Waals surface area contributed by atoms with Crippen molar-refractivity contribution in [2.75, 3.05) is 13.1 Å². The van der Waals surface area contributed by atoms with Crippen molar-refractivity contribution in [2.24, 2.45) is 0 Å². The maximum absolute atomic E-state index is 3.35. The van der Waals surface area contributed by atoms with Crippen LogP contribution < -0.4 is 5.32 Å². The Morgan fingerprint density at radius 2 is 1.93 bits per heavy atom. The second kappa shape index (κ2) is 4.61. The van der Waals surface area contributed by atoms with Crippen LogP contribution in [0.5, 0.6) is 0 Å². The quantitative estimate of drug-likeness (QED) is 0.702. The van der Waals surface area contributed by atoms with Crippen LogP contribution in [0, 0.1) is 0 Å². The van der Waals surface area contributed by atoms with Crippen LogP contribution in [0.1, 0.15) is 36.8 Å². The summed E-state index contributed by atoms with van der Waals surface area (Å²) in [6, 6.07) is 9.17. The highest BCUT2D eigenvalue weighted by Gasteiger charge is 2.22. The predicted molar refractivity (Wildman–Crippen MR) is 60.7 cm³/mol. The van der Waals surface area contributed by atoms with Crippen LogP contribution in [0.3, 0.4) is 0 Å². The fraction of sp³-hybridized carbons (Fsp3) is 0.538. The van der Waals surface area contributed by atoms with Crippen molar-refractivity contribution in [3.05, 3.63) is 35.4 Å². The molecule has 2 rings (SSSR count). The average Bonchev–Trinajstić information content (AvgIpc) is 3.03. The van der Waals surface area contributed by atoms with Gasteiger partial charge in [-0.2, -0.15) is 0 Å². The lowest BCUT2D eigenvalue weighted by Gasteiger charge is -2.03. The Morgan fingerprint density at radius 1 is 1.21 bits per heavy atom. The van der Waals surface area contributed by atoms with Gasteiger partial charge < -0.3 is 5.32 Å². The summed E-state index contributed by atoms with van der Waals surface area (Å²) < 4.78 is 0. The van der Waals surface area contributed by atoms with E-state index >= 15 is 0 Å². The molecule has 0 spiro atoms. The molecular formula is C13H19N. The summed E-state index contributed by atoms with van der Waals surface area (Å²) in [4.78, 5) is 0. The molecule has 1 fully saturated rings. The zero-order valence-electron chi connectivity index (χ0n) is 8.92. The average molecular weight is 189 g/mol. The molecule has 1 N–H and O–H groups in total. The molecular weight excluding hydrogens is 170 g/mol. The lowest BCUT2D eigenvalue weighted by atomic mass is 10.1. The molecule has 0 bridgehead atoms. The first kappa shape index (κ1) is 9.72. The van der Waals surface area contributed by atoms with E-state index < -0.39 is 0 Å². The molecule has 14 heavy (non-hydrogen) atoms. The Bertz CT molecular complexity index is 272. The van der Waals surface area contributed by atoms with E-state index in [-0.39, 0.29) is 0 Å². The molecule has 1 heteroatoms. The van der Waals surface area contributed by atoms with E-state index in [0.29, 0.717) is 0 Å². The van der Waals surface area contributed by atoms with Crippen molar-refractivity contribution in [2.45, 2.75) is 32.1 Å². The van der Waals surface area contributed by atoms with Gasteiger partial charge in [0.15, 0.2) is 0 Å². The highest BCUT2D eigenvalue weighted by molar-refractivity contribution is 5.28. The third-order valence-electron chi connectivity index (χ3n) is 2.87. The van der Waals surface area contributed by atoms with E-state index in [4.69, 9.17) is 0 Å². The zero-order valence-corrected chi connectivity index (χ0v) is 8.92. The minimum atomic E-state index is 0.887. The molecule has 1 aliphatic rings. The molecule has 1 saturated carbocycles. The van der Waals surface area contributed by atoms with Crippen LogP contribution in [-0.2, 0) is 6.42 Å². The van der Waals surface area contributed by atoms with Gasteiger partial charge in [-0.1, -0.05) is 31.2 Å². The molecule has 1 aromatic rings. The first-order valence-corrected chi connectivity index (χ1v) is 5.69. The minimum Gasteiger partial charge on any atom is -0.317 e.